The van der Waals surface area contributed by atoms with Crippen LogP contribution in [0.15, 0.2) is 6.07 Å². The highest BCUT2D eigenvalue weighted by molar-refractivity contribution is 14.1. The predicted octanol–water partition coefficient (Wildman–Crippen LogP) is 2.33. The Labute approximate surface area is 84.0 Å². The van der Waals surface area contributed by atoms with E-state index >= 15 is 0 Å². The third-order valence-electron chi connectivity index (χ3n) is 1.59. The van der Waals surface area contributed by atoms with Gasteiger partial charge >= 0.3 is 0 Å². The summed E-state index contributed by atoms with van der Waals surface area (Å²) in [6.45, 7) is 1.68. The smallest absolute Gasteiger partial charge is 0.178 e. The third-order valence-corrected chi connectivity index (χ3v) is 2.49. The maximum Gasteiger partial charge on any atom is 0.178 e. The molecule has 0 bridgehead atoms. The molecule has 0 aliphatic rings. The van der Waals surface area contributed by atoms with Gasteiger partial charge < -0.3 is 10.5 Å². The van der Waals surface area contributed by atoms with Crippen molar-refractivity contribution < 1.29 is 9.13 Å². The van der Waals surface area contributed by atoms with E-state index < -0.39 is 0 Å². The molecule has 0 saturated heterocycles. The Morgan fingerprint density at radius 1 is 1.58 bits per heavy atom. The van der Waals surface area contributed by atoms with Crippen LogP contribution in [0, 0.1) is 16.3 Å². The molecule has 2 nitrogen and oxygen atoms in total. The van der Waals surface area contributed by atoms with Gasteiger partial charge in [0.2, 0.25) is 0 Å². The molecule has 0 aliphatic heterocycles. The van der Waals surface area contributed by atoms with Gasteiger partial charge in [-0.25, -0.2) is 4.39 Å². The molecule has 2 N–H and O–H groups in total. The zero-order chi connectivity index (χ0) is 9.30. The SMILES string of the molecule is COc1c(N)c(I)cc(C)c1F. The van der Waals surface area contributed by atoms with Gasteiger partial charge in [0, 0.05) is 3.57 Å². The first-order chi connectivity index (χ1) is 5.57. The summed E-state index contributed by atoms with van der Waals surface area (Å²) in [4.78, 5) is 0. The lowest BCUT2D eigenvalue weighted by atomic mass is 10.2. The molecule has 1 rings (SSSR count). The highest BCUT2D eigenvalue weighted by Crippen LogP contribution is 2.31. The van der Waals surface area contributed by atoms with Gasteiger partial charge in [0.25, 0.3) is 0 Å². The molecule has 0 saturated carbocycles. The highest BCUT2D eigenvalue weighted by Gasteiger charge is 2.12. The molecule has 1 aromatic rings. The van der Waals surface area contributed by atoms with E-state index in [1.54, 1.807) is 13.0 Å². The van der Waals surface area contributed by atoms with E-state index in [0.29, 0.717) is 11.3 Å². The lowest BCUT2D eigenvalue weighted by Crippen LogP contribution is -2.00. The maximum absolute atomic E-state index is 13.2. The van der Waals surface area contributed by atoms with Gasteiger partial charge in [-0.1, -0.05) is 0 Å². The van der Waals surface area contributed by atoms with Crippen LogP contribution in [0.5, 0.6) is 5.75 Å². The predicted molar refractivity (Wildman–Crippen MR) is 54.8 cm³/mol. The molecular formula is C8H9FINO. The van der Waals surface area contributed by atoms with Crippen molar-refractivity contribution in [2.75, 3.05) is 12.8 Å². The Morgan fingerprint density at radius 3 is 2.67 bits per heavy atom. The minimum absolute atomic E-state index is 0.138. The van der Waals surface area contributed by atoms with E-state index in [4.69, 9.17) is 10.5 Å². The average Bonchev–Trinajstić information content (AvgIpc) is 2.02. The molecule has 0 spiro atoms. The van der Waals surface area contributed by atoms with Crippen molar-refractivity contribution in [3.05, 3.63) is 21.0 Å². The Bertz CT molecular complexity index is 288. The van der Waals surface area contributed by atoms with Crippen LogP contribution < -0.4 is 10.5 Å². The number of aryl methyl sites for hydroxylation is 1. The summed E-state index contributed by atoms with van der Waals surface area (Å²) in [6.07, 6.45) is 0. The summed E-state index contributed by atoms with van der Waals surface area (Å²) in [5.41, 5.74) is 6.50. The van der Waals surface area contributed by atoms with Crippen molar-refractivity contribution in [3.63, 3.8) is 0 Å². The van der Waals surface area contributed by atoms with Crippen molar-refractivity contribution in [2.45, 2.75) is 6.92 Å². The molecule has 0 aliphatic carbocycles. The number of benzene rings is 1. The van der Waals surface area contributed by atoms with Gasteiger partial charge in [-0.3, -0.25) is 0 Å². The van der Waals surface area contributed by atoms with Crippen LogP contribution in [0.1, 0.15) is 5.56 Å². The summed E-state index contributed by atoms with van der Waals surface area (Å²) in [7, 11) is 1.41. The van der Waals surface area contributed by atoms with Crippen LogP contribution >= 0.6 is 22.6 Å². The van der Waals surface area contributed by atoms with Crippen molar-refractivity contribution in [3.8, 4) is 5.75 Å². The Kier molecular flexibility index (Phi) is 2.76. The fourth-order valence-electron chi connectivity index (χ4n) is 0.937. The molecule has 0 heterocycles. The van der Waals surface area contributed by atoms with Crippen LogP contribution in [-0.2, 0) is 0 Å². The summed E-state index contributed by atoms with van der Waals surface area (Å²) >= 11 is 2.04. The van der Waals surface area contributed by atoms with Gasteiger partial charge in [0.15, 0.2) is 11.6 Å². The standard InChI is InChI=1S/C8H9FINO/c1-4-3-5(10)7(11)8(12-2)6(4)9/h3H,11H2,1-2H3. The largest absolute Gasteiger partial charge is 0.492 e. The van der Waals surface area contributed by atoms with Crippen LogP contribution in [0.4, 0.5) is 10.1 Å². The van der Waals surface area contributed by atoms with Crippen molar-refractivity contribution in [1.82, 2.24) is 0 Å². The summed E-state index contributed by atoms with van der Waals surface area (Å²) in [5.74, 6) is -0.241. The Balaban J connectivity index is 3.42. The molecule has 66 valence electrons. The molecule has 0 amide bonds. The first-order valence-electron chi connectivity index (χ1n) is 3.36. The number of anilines is 1. The Morgan fingerprint density at radius 2 is 2.17 bits per heavy atom. The fraction of sp³-hybridized carbons (Fsp3) is 0.250. The summed E-state index contributed by atoms with van der Waals surface area (Å²) < 4.78 is 18.9. The van der Waals surface area contributed by atoms with Crippen molar-refractivity contribution in [2.24, 2.45) is 0 Å². The molecule has 0 aromatic heterocycles. The van der Waals surface area contributed by atoms with Gasteiger partial charge in [-0.15, -0.1) is 0 Å². The van der Waals surface area contributed by atoms with E-state index in [2.05, 4.69) is 0 Å². The number of rotatable bonds is 1. The fourth-order valence-corrected chi connectivity index (χ4v) is 1.65. The molecule has 0 radical (unpaired) electrons. The van der Waals surface area contributed by atoms with Gasteiger partial charge in [-0.05, 0) is 41.1 Å². The van der Waals surface area contributed by atoms with Gasteiger partial charge in [0.1, 0.15) is 0 Å². The normalized spacial score (nSPS) is 10.0. The van der Waals surface area contributed by atoms with E-state index in [-0.39, 0.29) is 11.6 Å². The summed E-state index contributed by atoms with van der Waals surface area (Å²) in [5, 5.41) is 0. The maximum atomic E-state index is 13.2. The number of ether oxygens (including phenoxy) is 1. The topological polar surface area (TPSA) is 35.2 Å². The second-order valence-corrected chi connectivity index (χ2v) is 3.60. The molecule has 0 unspecified atom stereocenters. The number of halogens is 2. The Hall–Kier alpha value is -0.520. The van der Waals surface area contributed by atoms with E-state index in [0.717, 1.165) is 3.57 Å². The first-order valence-corrected chi connectivity index (χ1v) is 4.44. The van der Waals surface area contributed by atoms with Crippen LogP contribution in [-0.4, -0.2) is 7.11 Å². The lowest BCUT2D eigenvalue weighted by molar-refractivity contribution is 0.387. The molecule has 1 aromatic carbocycles. The van der Waals surface area contributed by atoms with E-state index in [9.17, 15) is 4.39 Å². The monoisotopic (exact) mass is 281 g/mol. The lowest BCUT2D eigenvalue weighted by Gasteiger charge is -2.09. The first kappa shape index (κ1) is 9.57. The summed E-state index contributed by atoms with van der Waals surface area (Å²) in [6, 6.07) is 1.69. The van der Waals surface area contributed by atoms with E-state index in [1.165, 1.54) is 7.11 Å². The van der Waals surface area contributed by atoms with Crippen LogP contribution in [0.25, 0.3) is 0 Å². The third kappa shape index (κ3) is 1.48. The average molecular weight is 281 g/mol. The van der Waals surface area contributed by atoms with Gasteiger partial charge in [0.05, 0.1) is 12.8 Å². The second kappa shape index (κ2) is 3.47. The van der Waals surface area contributed by atoms with Crippen molar-refractivity contribution in [1.29, 1.82) is 0 Å². The molecule has 0 fully saturated rings. The van der Waals surface area contributed by atoms with Crippen molar-refractivity contribution >= 4 is 28.3 Å². The second-order valence-electron chi connectivity index (χ2n) is 2.44. The van der Waals surface area contributed by atoms with E-state index in [1.807, 2.05) is 22.6 Å². The highest BCUT2D eigenvalue weighted by atomic mass is 127. The van der Waals surface area contributed by atoms with Crippen LogP contribution in [0.3, 0.4) is 0 Å². The van der Waals surface area contributed by atoms with Crippen LogP contribution in [0.2, 0.25) is 0 Å². The number of methoxy groups -OCH3 is 1. The minimum atomic E-state index is -0.379. The number of hydrogen-bond acceptors (Lipinski definition) is 2. The molecule has 4 heteroatoms. The quantitative estimate of drug-likeness (QED) is 0.633. The zero-order valence-corrected chi connectivity index (χ0v) is 8.98. The molecular weight excluding hydrogens is 272 g/mol. The molecule has 0 atom stereocenters. The number of nitrogens with two attached hydrogens (primary N) is 1. The minimum Gasteiger partial charge on any atom is -0.492 e. The zero-order valence-electron chi connectivity index (χ0n) is 6.82. The number of nitrogen functional groups attached to an aromatic ring is 1. The number of hydrogen-bond donors (Lipinski definition) is 1. The molecule has 12 heavy (non-hydrogen) atoms. The van der Waals surface area contributed by atoms with Gasteiger partial charge in [-0.2, -0.15) is 0 Å².